The zero-order chi connectivity index (χ0) is 10.8. The summed E-state index contributed by atoms with van der Waals surface area (Å²) in [5.74, 6) is 0. The standard InChI is InChI=1S/C12H16N4.ClH/c1-2-11-8-14-15-12(11)7-10(1)9-16-5-3-13-4-6-16;/h1-2,7-8,13H,3-6,9H2,(H,14,15);1H. The molecule has 0 unspecified atom stereocenters. The molecule has 1 aliphatic heterocycles. The molecule has 2 heterocycles. The summed E-state index contributed by atoms with van der Waals surface area (Å²) in [4.78, 5) is 2.48. The second-order valence-electron chi connectivity index (χ2n) is 4.32. The molecule has 1 aromatic carbocycles. The molecule has 92 valence electrons. The summed E-state index contributed by atoms with van der Waals surface area (Å²) < 4.78 is 0. The Bertz CT molecular complexity index is 476. The average Bonchev–Trinajstić information content (AvgIpc) is 2.77. The summed E-state index contributed by atoms with van der Waals surface area (Å²) in [5.41, 5.74) is 2.49. The SMILES string of the molecule is Cl.c1cc2cn[nH]c2cc1CN1CCNCC1. The maximum absolute atomic E-state index is 4.04. The second-order valence-corrected chi connectivity index (χ2v) is 4.32. The van der Waals surface area contributed by atoms with Gasteiger partial charge in [0.25, 0.3) is 0 Å². The molecule has 3 rings (SSSR count). The largest absolute Gasteiger partial charge is 0.314 e. The van der Waals surface area contributed by atoms with Crippen LogP contribution in [0.3, 0.4) is 0 Å². The second kappa shape index (κ2) is 5.49. The number of fused-ring (bicyclic) bond motifs is 1. The van der Waals surface area contributed by atoms with Crippen molar-refractivity contribution in [1.29, 1.82) is 0 Å². The van der Waals surface area contributed by atoms with Gasteiger partial charge in [-0.15, -0.1) is 12.4 Å². The first-order valence-corrected chi connectivity index (χ1v) is 5.77. The van der Waals surface area contributed by atoms with Crippen LogP contribution in [-0.2, 0) is 6.54 Å². The lowest BCUT2D eigenvalue weighted by Crippen LogP contribution is -2.42. The molecular weight excluding hydrogens is 236 g/mol. The fourth-order valence-electron chi connectivity index (χ4n) is 2.21. The van der Waals surface area contributed by atoms with Gasteiger partial charge in [-0.1, -0.05) is 12.1 Å². The Morgan fingerprint density at radius 1 is 1.24 bits per heavy atom. The van der Waals surface area contributed by atoms with Gasteiger partial charge < -0.3 is 5.32 Å². The number of aromatic nitrogens is 2. The zero-order valence-electron chi connectivity index (χ0n) is 9.65. The Labute approximate surface area is 107 Å². The van der Waals surface area contributed by atoms with Crippen molar-refractivity contribution < 1.29 is 0 Å². The molecule has 4 nitrogen and oxygen atoms in total. The number of rotatable bonds is 2. The van der Waals surface area contributed by atoms with Crippen molar-refractivity contribution in [3.8, 4) is 0 Å². The molecule has 2 N–H and O–H groups in total. The number of piperazine rings is 1. The molecular formula is C12H17ClN4. The molecule has 1 aromatic heterocycles. The number of nitrogens with zero attached hydrogens (tertiary/aromatic N) is 2. The summed E-state index contributed by atoms with van der Waals surface area (Å²) in [6, 6.07) is 6.53. The third kappa shape index (κ3) is 2.77. The van der Waals surface area contributed by atoms with Gasteiger partial charge in [-0.2, -0.15) is 5.10 Å². The molecule has 5 heteroatoms. The summed E-state index contributed by atoms with van der Waals surface area (Å²) in [6.45, 7) is 5.53. The van der Waals surface area contributed by atoms with E-state index in [2.05, 4.69) is 38.6 Å². The Morgan fingerprint density at radius 2 is 2.06 bits per heavy atom. The van der Waals surface area contributed by atoms with Crippen molar-refractivity contribution in [2.45, 2.75) is 6.54 Å². The molecule has 0 aliphatic carbocycles. The van der Waals surface area contributed by atoms with Crippen LogP contribution in [0.5, 0.6) is 0 Å². The van der Waals surface area contributed by atoms with Crippen LogP contribution in [0.1, 0.15) is 5.56 Å². The van der Waals surface area contributed by atoms with Crippen LogP contribution in [0.15, 0.2) is 24.4 Å². The van der Waals surface area contributed by atoms with Gasteiger partial charge in [0, 0.05) is 38.1 Å². The summed E-state index contributed by atoms with van der Waals surface area (Å²) in [5, 5.41) is 11.6. The zero-order valence-corrected chi connectivity index (χ0v) is 10.5. The van der Waals surface area contributed by atoms with Crippen molar-refractivity contribution in [3.05, 3.63) is 30.0 Å². The van der Waals surface area contributed by atoms with E-state index in [0.29, 0.717) is 0 Å². The van der Waals surface area contributed by atoms with E-state index in [1.54, 1.807) is 0 Å². The van der Waals surface area contributed by atoms with Gasteiger partial charge in [0.1, 0.15) is 0 Å². The smallest absolute Gasteiger partial charge is 0.0653 e. The molecule has 0 radical (unpaired) electrons. The number of halogens is 1. The molecule has 0 atom stereocenters. The van der Waals surface area contributed by atoms with E-state index in [1.807, 2.05) is 6.20 Å². The van der Waals surface area contributed by atoms with E-state index in [4.69, 9.17) is 0 Å². The summed E-state index contributed by atoms with van der Waals surface area (Å²) in [6.07, 6.45) is 1.87. The maximum Gasteiger partial charge on any atom is 0.0653 e. The van der Waals surface area contributed by atoms with E-state index in [1.165, 1.54) is 10.9 Å². The minimum absolute atomic E-state index is 0. The molecule has 17 heavy (non-hydrogen) atoms. The van der Waals surface area contributed by atoms with Crippen LogP contribution in [0.25, 0.3) is 10.9 Å². The normalized spacial score (nSPS) is 16.9. The van der Waals surface area contributed by atoms with Crippen LogP contribution in [0.4, 0.5) is 0 Å². The topological polar surface area (TPSA) is 44.0 Å². The molecule has 2 aromatic rings. The van der Waals surface area contributed by atoms with E-state index in [9.17, 15) is 0 Å². The highest BCUT2D eigenvalue weighted by Gasteiger charge is 2.09. The highest BCUT2D eigenvalue weighted by atomic mass is 35.5. The fourth-order valence-corrected chi connectivity index (χ4v) is 2.21. The van der Waals surface area contributed by atoms with Crippen molar-refractivity contribution in [2.24, 2.45) is 0 Å². The van der Waals surface area contributed by atoms with E-state index >= 15 is 0 Å². The van der Waals surface area contributed by atoms with Crippen molar-refractivity contribution in [1.82, 2.24) is 20.4 Å². The number of nitrogens with one attached hydrogen (secondary N) is 2. The molecule has 1 saturated heterocycles. The lowest BCUT2D eigenvalue weighted by molar-refractivity contribution is 0.233. The first kappa shape index (κ1) is 12.4. The molecule has 0 spiro atoms. The lowest BCUT2D eigenvalue weighted by Gasteiger charge is -2.27. The maximum atomic E-state index is 4.04. The van der Waals surface area contributed by atoms with Gasteiger partial charge in [0.05, 0.1) is 11.7 Å². The van der Waals surface area contributed by atoms with Crippen LogP contribution in [-0.4, -0.2) is 41.3 Å². The third-order valence-corrected chi connectivity index (χ3v) is 3.12. The number of hydrogen-bond acceptors (Lipinski definition) is 3. The fraction of sp³-hybridized carbons (Fsp3) is 0.417. The first-order chi connectivity index (χ1) is 7.92. The van der Waals surface area contributed by atoms with Crippen LogP contribution < -0.4 is 5.32 Å². The Balaban J connectivity index is 0.00000108. The van der Waals surface area contributed by atoms with Gasteiger partial charge in [-0.05, 0) is 11.6 Å². The molecule has 0 bridgehead atoms. The average molecular weight is 253 g/mol. The highest BCUT2D eigenvalue weighted by Crippen LogP contribution is 2.14. The van der Waals surface area contributed by atoms with Crippen LogP contribution in [0.2, 0.25) is 0 Å². The van der Waals surface area contributed by atoms with E-state index in [-0.39, 0.29) is 12.4 Å². The predicted molar refractivity (Wildman–Crippen MR) is 71.5 cm³/mol. The minimum Gasteiger partial charge on any atom is -0.314 e. The molecule has 1 fully saturated rings. The van der Waals surface area contributed by atoms with Gasteiger partial charge in [0.2, 0.25) is 0 Å². The quantitative estimate of drug-likeness (QED) is 0.849. The van der Waals surface area contributed by atoms with E-state index in [0.717, 1.165) is 38.2 Å². The third-order valence-electron chi connectivity index (χ3n) is 3.12. The van der Waals surface area contributed by atoms with Crippen molar-refractivity contribution in [3.63, 3.8) is 0 Å². The highest BCUT2D eigenvalue weighted by molar-refractivity contribution is 5.85. The molecule has 0 saturated carbocycles. The van der Waals surface area contributed by atoms with Crippen LogP contribution >= 0.6 is 12.4 Å². The van der Waals surface area contributed by atoms with Crippen molar-refractivity contribution in [2.75, 3.05) is 26.2 Å². The molecule has 0 amide bonds. The number of H-pyrrole nitrogens is 1. The first-order valence-electron chi connectivity index (χ1n) is 5.77. The Kier molecular flexibility index (Phi) is 3.99. The monoisotopic (exact) mass is 252 g/mol. The summed E-state index contributed by atoms with van der Waals surface area (Å²) in [7, 11) is 0. The number of benzene rings is 1. The Morgan fingerprint density at radius 3 is 2.88 bits per heavy atom. The van der Waals surface area contributed by atoms with Gasteiger partial charge in [0.15, 0.2) is 0 Å². The minimum atomic E-state index is 0. The van der Waals surface area contributed by atoms with Crippen LogP contribution in [0, 0.1) is 0 Å². The van der Waals surface area contributed by atoms with Gasteiger partial charge in [-0.3, -0.25) is 10.00 Å². The summed E-state index contributed by atoms with van der Waals surface area (Å²) >= 11 is 0. The number of hydrogen-bond donors (Lipinski definition) is 2. The predicted octanol–water partition coefficient (Wildman–Crippen LogP) is 1.39. The number of aromatic amines is 1. The molecule has 1 aliphatic rings. The van der Waals surface area contributed by atoms with Crippen molar-refractivity contribution >= 4 is 23.3 Å². The van der Waals surface area contributed by atoms with Gasteiger partial charge in [-0.25, -0.2) is 0 Å². The van der Waals surface area contributed by atoms with E-state index < -0.39 is 0 Å². The lowest BCUT2D eigenvalue weighted by atomic mass is 10.1. The Hall–Kier alpha value is -1.10. The van der Waals surface area contributed by atoms with Gasteiger partial charge >= 0.3 is 0 Å².